The standard InChI is InChI=1S/C9H14O2/c1-5-6-9(10)11-8(4)7(2)3/h5-6,8H,2H2,1,3-4H3/b6-5+. The molecule has 62 valence electrons. The van der Waals surface area contributed by atoms with Gasteiger partial charge in [0.1, 0.15) is 6.10 Å². The van der Waals surface area contributed by atoms with Crippen LogP contribution in [-0.2, 0) is 9.53 Å². The molecule has 0 rings (SSSR count). The van der Waals surface area contributed by atoms with Crippen molar-refractivity contribution in [2.75, 3.05) is 0 Å². The van der Waals surface area contributed by atoms with Gasteiger partial charge in [0.15, 0.2) is 0 Å². The van der Waals surface area contributed by atoms with Crippen LogP contribution in [0.4, 0.5) is 0 Å². The molecular weight excluding hydrogens is 140 g/mol. The summed E-state index contributed by atoms with van der Waals surface area (Å²) in [7, 11) is 0. The van der Waals surface area contributed by atoms with Crippen molar-refractivity contribution in [3.63, 3.8) is 0 Å². The van der Waals surface area contributed by atoms with E-state index in [0.717, 1.165) is 5.57 Å². The summed E-state index contributed by atoms with van der Waals surface area (Å²) in [6, 6.07) is 0. The summed E-state index contributed by atoms with van der Waals surface area (Å²) < 4.78 is 4.93. The van der Waals surface area contributed by atoms with Crippen LogP contribution in [0.1, 0.15) is 20.8 Å². The Labute approximate surface area is 67.6 Å². The molecule has 0 fully saturated rings. The van der Waals surface area contributed by atoms with Crippen LogP contribution in [0.5, 0.6) is 0 Å². The summed E-state index contributed by atoms with van der Waals surface area (Å²) in [5, 5.41) is 0. The van der Waals surface area contributed by atoms with Gasteiger partial charge in [-0.2, -0.15) is 0 Å². The van der Waals surface area contributed by atoms with Crippen molar-refractivity contribution in [2.45, 2.75) is 26.9 Å². The fourth-order valence-corrected chi connectivity index (χ4v) is 0.450. The largest absolute Gasteiger partial charge is 0.455 e. The van der Waals surface area contributed by atoms with Gasteiger partial charge in [-0.1, -0.05) is 12.7 Å². The summed E-state index contributed by atoms with van der Waals surface area (Å²) in [6.45, 7) is 9.06. The van der Waals surface area contributed by atoms with E-state index in [0.29, 0.717) is 0 Å². The monoisotopic (exact) mass is 154 g/mol. The van der Waals surface area contributed by atoms with Crippen molar-refractivity contribution in [2.24, 2.45) is 0 Å². The van der Waals surface area contributed by atoms with E-state index >= 15 is 0 Å². The molecule has 0 saturated carbocycles. The fraction of sp³-hybridized carbons (Fsp3) is 0.444. The normalized spacial score (nSPS) is 13.0. The minimum Gasteiger partial charge on any atom is -0.455 e. The number of hydrogen-bond donors (Lipinski definition) is 0. The van der Waals surface area contributed by atoms with Gasteiger partial charge in [-0.3, -0.25) is 0 Å². The molecule has 0 amide bonds. The molecule has 1 unspecified atom stereocenters. The van der Waals surface area contributed by atoms with E-state index in [-0.39, 0.29) is 12.1 Å². The van der Waals surface area contributed by atoms with E-state index < -0.39 is 0 Å². The lowest BCUT2D eigenvalue weighted by atomic mass is 10.2. The van der Waals surface area contributed by atoms with Gasteiger partial charge in [-0.15, -0.1) is 0 Å². The third kappa shape index (κ3) is 4.37. The van der Waals surface area contributed by atoms with Gasteiger partial charge in [0.05, 0.1) is 0 Å². The first-order chi connectivity index (χ1) is 5.07. The topological polar surface area (TPSA) is 26.3 Å². The maximum atomic E-state index is 10.8. The van der Waals surface area contributed by atoms with E-state index in [1.165, 1.54) is 6.08 Å². The average Bonchev–Trinajstić information content (AvgIpc) is 1.87. The first-order valence-electron chi connectivity index (χ1n) is 3.56. The van der Waals surface area contributed by atoms with Gasteiger partial charge in [-0.25, -0.2) is 4.79 Å². The lowest BCUT2D eigenvalue weighted by Gasteiger charge is -2.10. The predicted octanol–water partition coefficient (Wildman–Crippen LogP) is 2.07. The Kier molecular flexibility index (Phi) is 4.27. The first-order valence-corrected chi connectivity index (χ1v) is 3.56. The van der Waals surface area contributed by atoms with Crippen molar-refractivity contribution in [3.05, 3.63) is 24.3 Å². The Morgan fingerprint density at radius 2 is 2.18 bits per heavy atom. The van der Waals surface area contributed by atoms with Crippen LogP contribution < -0.4 is 0 Å². The van der Waals surface area contributed by atoms with Crippen LogP contribution in [-0.4, -0.2) is 12.1 Å². The highest BCUT2D eigenvalue weighted by Gasteiger charge is 2.05. The van der Waals surface area contributed by atoms with Crippen LogP contribution in [0.25, 0.3) is 0 Å². The van der Waals surface area contributed by atoms with Crippen molar-refractivity contribution < 1.29 is 9.53 Å². The van der Waals surface area contributed by atoms with Crippen LogP contribution in [0.2, 0.25) is 0 Å². The van der Waals surface area contributed by atoms with Crippen LogP contribution >= 0.6 is 0 Å². The van der Waals surface area contributed by atoms with Gasteiger partial charge in [0, 0.05) is 6.08 Å². The number of carbonyl (C=O) groups is 1. The van der Waals surface area contributed by atoms with E-state index in [1.54, 1.807) is 19.9 Å². The van der Waals surface area contributed by atoms with Gasteiger partial charge < -0.3 is 4.74 Å². The fourth-order valence-electron chi connectivity index (χ4n) is 0.450. The number of hydrogen-bond acceptors (Lipinski definition) is 2. The van der Waals surface area contributed by atoms with Crippen LogP contribution in [0.3, 0.4) is 0 Å². The molecule has 0 saturated heterocycles. The number of allylic oxidation sites excluding steroid dienone is 1. The maximum Gasteiger partial charge on any atom is 0.330 e. The molecule has 1 atom stereocenters. The molecule has 0 aliphatic carbocycles. The van der Waals surface area contributed by atoms with Gasteiger partial charge in [-0.05, 0) is 26.3 Å². The first kappa shape index (κ1) is 9.95. The molecule has 0 bridgehead atoms. The summed E-state index contributed by atoms with van der Waals surface area (Å²) in [6.07, 6.45) is 2.84. The summed E-state index contributed by atoms with van der Waals surface area (Å²) in [5.74, 6) is -0.317. The van der Waals surface area contributed by atoms with Gasteiger partial charge >= 0.3 is 5.97 Å². The number of carbonyl (C=O) groups excluding carboxylic acids is 1. The van der Waals surface area contributed by atoms with E-state index in [4.69, 9.17) is 4.74 Å². The zero-order chi connectivity index (χ0) is 8.85. The molecule has 0 N–H and O–H groups in total. The smallest absolute Gasteiger partial charge is 0.330 e. The quantitative estimate of drug-likeness (QED) is 0.353. The molecule has 2 heteroatoms. The van der Waals surface area contributed by atoms with E-state index in [9.17, 15) is 4.79 Å². The highest BCUT2D eigenvalue weighted by Crippen LogP contribution is 2.02. The van der Waals surface area contributed by atoms with Crippen LogP contribution in [0, 0.1) is 0 Å². The number of rotatable bonds is 3. The number of esters is 1. The summed E-state index contributed by atoms with van der Waals surface area (Å²) in [4.78, 5) is 10.8. The summed E-state index contributed by atoms with van der Waals surface area (Å²) >= 11 is 0. The van der Waals surface area contributed by atoms with Crippen LogP contribution in [0.15, 0.2) is 24.3 Å². The third-order valence-electron chi connectivity index (χ3n) is 1.29. The lowest BCUT2D eigenvalue weighted by Crippen LogP contribution is -2.13. The van der Waals surface area contributed by atoms with E-state index in [1.807, 2.05) is 6.92 Å². The predicted molar refractivity (Wildman–Crippen MR) is 45.2 cm³/mol. The molecule has 0 radical (unpaired) electrons. The highest BCUT2D eigenvalue weighted by atomic mass is 16.5. The highest BCUT2D eigenvalue weighted by molar-refractivity contribution is 5.82. The zero-order valence-electron chi connectivity index (χ0n) is 7.26. The van der Waals surface area contributed by atoms with Gasteiger partial charge in [0.2, 0.25) is 0 Å². The molecular formula is C9H14O2. The molecule has 11 heavy (non-hydrogen) atoms. The van der Waals surface area contributed by atoms with Crippen molar-refractivity contribution in [1.82, 2.24) is 0 Å². The van der Waals surface area contributed by atoms with Crippen molar-refractivity contribution in [3.8, 4) is 0 Å². The van der Waals surface area contributed by atoms with E-state index in [2.05, 4.69) is 6.58 Å². The average molecular weight is 154 g/mol. The van der Waals surface area contributed by atoms with Gasteiger partial charge in [0.25, 0.3) is 0 Å². The second-order valence-corrected chi connectivity index (χ2v) is 2.43. The zero-order valence-corrected chi connectivity index (χ0v) is 7.26. The third-order valence-corrected chi connectivity index (χ3v) is 1.29. The number of ether oxygens (including phenoxy) is 1. The Bertz CT molecular complexity index is 180. The molecule has 0 aromatic carbocycles. The Morgan fingerprint density at radius 1 is 1.64 bits per heavy atom. The molecule has 0 spiro atoms. The molecule has 0 heterocycles. The minimum atomic E-state index is -0.317. The van der Waals surface area contributed by atoms with Crippen molar-refractivity contribution in [1.29, 1.82) is 0 Å². The maximum absolute atomic E-state index is 10.8. The second-order valence-electron chi connectivity index (χ2n) is 2.43. The Balaban J connectivity index is 3.85. The minimum absolute atomic E-state index is 0.196. The lowest BCUT2D eigenvalue weighted by molar-refractivity contribution is -0.140. The molecule has 0 aliphatic heterocycles. The molecule has 2 nitrogen and oxygen atoms in total. The van der Waals surface area contributed by atoms with Crippen molar-refractivity contribution >= 4 is 5.97 Å². The second kappa shape index (κ2) is 4.72. The molecule has 0 aliphatic rings. The molecule has 0 aromatic rings. The summed E-state index contributed by atoms with van der Waals surface area (Å²) in [5.41, 5.74) is 0.850. The SMILES string of the molecule is C=C(C)C(C)OC(=O)/C=C/C. The molecule has 0 aromatic heterocycles. The Morgan fingerprint density at radius 3 is 2.55 bits per heavy atom. The Hall–Kier alpha value is -1.05.